The fourth-order valence-electron chi connectivity index (χ4n) is 3.19. The highest BCUT2D eigenvalue weighted by Crippen LogP contribution is 2.35. The molecule has 0 aliphatic heterocycles. The van der Waals surface area contributed by atoms with Crippen LogP contribution in [-0.4, -0.2) is 25.5 Å². The number of hydrogen-bond acceptors (Lipinski definition) is 4. The summed E-state index contributed by atoms with van der Waals surface area (Å²) in [6.45, 7) is 11.7. The van der Waals surface area contributed by atoms with Crippen molar-refractivity contribution in [1.29, 1.82) is 0 Å². The molecule has 0 spiro atoms. The van der Waals surface area contributed by atoms with E-state index in [1.807, 2.05) is 19.1 Å². The number of halogens is 1. The molecular weight excluding hydrogens is 343 g/mol. The zero-order chi connectivity index (χ0) is 19.9. The molecule has 0 fully saturated rings. The van der Waals surface area contributed by atoms with Crippen molar-refractivity contribution in [3.05, 3.63) is 41.6 Å². The minimum absolute atomic E-state index is 0.0622. The van der Waals surface area contributed by atoms with Gasteiger partial charge in [-0.3, -0.25) is 9.48 Å². The van der Waals surface area contributed by atoms with Gasteiger partial charge in [-0.15, -0.1) is 0 Å². The largest absolute Gasteiger partial charge is 0.293 e. The summed E-state index contributed by atoms with van der Waals surface area (Å²) in [5.41, 5.74) is 3.07. The van der Waals surface area contributed by atoms with Crippen LogP contribution in [0.4, 0.5) is 4.39 Å². The summed E-state index contributed by atoms with van der Waals surface area (Å²) in [4.78, 5) is 20.7. The van der Waals surface area contributed by atoms with E-state index in [2.05, 4.69) is 35.8 Å². The van der Waals surface area contributed by atoms with Gasteiger partial charge in [0, 0.05) is 42.4 Å². The van der Waals surface area contributed by atoms with E-state index < -0.39 is 6.17 Å². The SMILES string of the molecule is CC(=O)c1nn(CC(C)(C)C)c2c(C(C)F)cc(-c3cnc(C)nc3)cc12. The molecule has 0 aliphatic rings. The fourth-order valence-corrected chi connectivity index (χ4v) is 3.19. The second kappa shape index (κ2) is 6.83. The molecule has 142 valence electrons. The molecule has 1 atom stereocenters. The molecule has 2 heterocycles. The Hall–Kier alpha value is -2.63. The molecule has 0 saturated heterocycles. The Balaban J connectivity index is 2.33. The van der Waals surface area contributed by atoms with Gasteiger partial charge in [-0.1, -0.05) is 20.8 Å². The average molecular weight is 368 g/mol. The summed E-state index contributed by atoms with van der Waals surface area (Å²) >= 11 is 0. The first-order valence-electron chi connectivity index (χ1n) is 9.05. The van der Waals surface area contributed by atoms with Crippen LogP contribution < -0.4 is 0 Å². The second-order valence-corrected chi connectivity index (χ2v) is 8.22. The molecular formula is C21H25FN4O. The zero-order valence-corrected chi connectivity index (χ0v) is 16.7. The van der Waals surface area contributed by atoms with Crippen LogP contribution in [0.2, 0.25) is 0 Å². The van der Waals surface area contributed by atoms with E-state index in [9.17, 15) is 9.18 Å². The predicted octanol–water partition coefficient (Wildman–Crippen LogP) is 5.08. The van der Waals surface area contributed by atoms with E-state index in [4.69, 9.17) is 0 Å². The molecule has 0 amide bonds. The lowest BCUT2D eigenvalue weighted by atomic mass is 9.95. The topological polar surface area (TPSA) is 60.7 Å². The van der Waals surface area contributed by atoms with Gasteiger partial charge in [-0.2, -0.15) is 5.10 Å². The summed E-state index contributed by atoms with van der Waals surface area (Å²) in [5.74, 6) is 0.531. The molecule has 1 unspecified atom stereocenters. The first-order chi connectivity index (χ1) is 12.6. The maximum atomic E-state index is 14.6. The van der Waals surface area contributed by atoms with Crippen LogP contribution in [0.1, 0.15) is 62.7 Å². The van der Waals surface area contributed by atoms with Gasteiger partial charge < -0.3 is 0 Å². The van der Waals surface area contributed by atoms with E-state index in [1.54, 1.807) is 17.1 Å². The van der Waals surface area contributed by atoms with Crippen molar-refractivity contribution < 1.29 is 9.18 Å². The summed E-state index contributed by atoms with van der Waals surface area (Å²) in [6.07, 6.45) is 2.22. The van der Waals surface area contributed by atoms with Crippen LogP contribution >= 0.6 is 0 Å². The van der Waals surface area contributed by atoms with Gasteiger partial charge in [0.2, 0.25) is 0 Å². The lowest BCUT2D eigenvalue weighted by molar-refractivity contribution is 0.101. The van der Waals surface area contributed by atoms with Crippen molar-refractivity contribution in [1.82, 2.24) is 19.7 Å². The van der Waals surface area contributed by atoms with E-state index in [0.717, 1.165) is 11.1 Å². The average Bonchev–Trinajstić information content (AvgIpc) is 2.91. The van der Waals surface area contributed by atoms with Crippen LogP contribution in [0.25, 0.3) is 22.0 Å². The summed E-state index contributed by atoms with van der Waals surface area (Å²) in [7, 11) is 0. The first-order valence-corrected chi connectivity index (χ1v) is 9.05. The monoisotopic (exact) mass is 368 g/mol. The van der Waals surface area contributed by atoms with E-state index in [1.165, 1.54) is 13.8 Å². The molecule has 1 aromatic carbocycles. The molecule has 3 aromatic rings. The number of fused-ring (bicyclic) bond motifs is 1. The quantitative estimate of drug-likeness (QED) is 0.603. The van der Waals surface area contributed by atoms with Gasteiger partial charge >= 0.3 is 0 Å². The number of carbonyl (C=O) groups is 1. The number of carbonyl (C=O) groups excluding carboxylic acids is 1. The normalized spacial score (nSPS) is 13.1. The van der Waals surface area contributed by atoms with Gasteiger partial charge in [0.05, 0.1) is 5.52 Å². The molecule has 0 aliphatic carbocycles. The Kier molecular flexibility index (Phi) is 4.84. The fraction of sp³-hybridized carbons (Fsp3) is 0.429. The minimum Gasteiger partial charge on any atom is -0.293 e. The van der Waals surface area contributed by atoms with Crippen molar-refractivity contribution in [3.8, 4) is 11.1 Å². The Bertz CT molecular complexity index is 998. The number of alkyl halides is 1. The molecule has 5 nitrogen and oxygen atoms in total. The van der Waals surface area contributed by atoms with Crippen molar-refractivity contribution in [2.24, 2.45) is 5.41 Å². The van der Waals surface area contributed by atoms with Crippen molar-refractivity contribution in [2.75, 3.05) is 0 Å². The maximum Gasteiger partial charge on any atom is 0.180 e. The highest BCUT2D eigenvalue weighted by atomic mass is 19.1. The van der Waals surface area contributed by atoms with Gasteiger partial charge in [-0.25, -0.2) is 14.4 Å². The van der Waals surface area contributed by atoms with Crippen molar-refractivity contribution in [2.45, 2.75) is 54.3 Å². The standard InChI is InChI=1S/C21H25FN4O/c1-12(22)17-7-15(16-9-23-14(3)24-10-16)8-18-19(13(2)27)25-26(20(17)18)11-21(4,5)6/h7-10,12H,11H2,1-6H3. The third-order valence-corrected chi connectivity index (χ3v) is 4.37. The molecule has 6 heteroatoms. The lowest BCUT2D eigenvalue weighted by Gasteiger charge is -2.20. The van der Waals surface area contributed by atoms with E-state index in [-0.39, 0.29) is 11.2 Å². The van der Waals surface area contributed by atoms with E-state index in [0.29, 0.717) is 34.5 Å². The number of hydrogen-bond donors (Lipinski definition) is 0. The number of ketones is 1. The smallest absolute Gasteiger partial charge is 0.180 e. The Morgan fingerprint density at radius 3 is 2.33 bits per heavy atom. The van der Waals surface area contributed by atoms with E-state index >= 15 is 0 Å². The van der Waals surface area contributed by atoms with Crippen molar-refractivity contribution >= 4 is 16.7 Å². The zero-order valence-electron chi connectivity index (χ0n) is 16.7. The number of aromatic nitrogens is 4. The number of nitrogens with zero attached hydrogens (tertiary/aromatic N) is 4. The second-order valence-electron chi connectivity index (χ2n) is 8.22. The highest BCUT2D eigenvalue weighted by Gasteiger charge is 2.23. The van der Waals surface area contributed by atoms with Crippen LogP contribution in [-0.2, 0) is 6.54 Å². The Labute approximate surface area is 158 Å². The molecule has 0 radical (unpaired) electrons. The maximum absolute atomic E-state index is 14.6. The van der Waals surface area contributed by atoms with Gasteiger partial charge in [0.1, 0.15) is 17.7 Å². The predicted molar refractivity (Wildman–Crippen MR) is 104 cm³/mol. The van der Waals surface area contributed by atoms with Crippen molar-refractivity contribution in [3.63, 3.8) is 0 Å². The highest BCUT2D eigenvalue weighted by molar-refractivity contribution is 6.06. The first kappa shape index (κ1) is 19.1. The number of benzene rings is 1. The van der Waals surface area contributed by atoms with Crippen LogP contribution in [0.15, 0.2) is 24.5 Å². The molecule has 0 bridgehead atoms. The summed E-state index contributed by atoms with van der Waals surface area (Å²) in [5, 5.41) is 5.21. The number of rotatable bonds is 4. The van der Waals surface area contributed by atoms with Crippen LogP contribution in [0.5, 0.6) is 0 Å². The lowest BCUT2D eigenvalue weighted by Crippen LogP contribution is -2.17. The Morgan fingerprint density at radius 2 is 1.81 bits per heavy atom. The van der Waals surface area contributed by atoms with Crippen LogP contribution in [0, 0.1) is 12.3 Å². The number of Topliss-reactive ketones (excluding diaryl/α,β-unsaturated/α-hetero) is 1. The molecule has 3 rings (SSSR count). The van der Waals surface area contributed by atoms with Gasteiger partial charge in [0.25, 0.3) is 0 Å². The molecule has 0 N–H and O–H groups in total. The molecule has 27 heavy (non-hydrogen) atoms. The minimum atomic E-state index is -1.20. The van der Waals surface area contributed by atoms with Gasteiger partial charge in [0.15, 0.2) is 5.78 Å². The third kappa shape index (κ3) is 3.89. The molecule has 2 aromatic heterocycles. The summed E-state index contributed by atoms with van der Waals surface area (Å²) < 4.78 is 16.4. The third-order valence-electron chi connectivity index (χ3n) is 4.37. The number of aryl methyl sites for hydroxylation is 1. The van der Waals surface area contributed by atoms with Gasteiger partial charge in [-0.05, 0) is 37.0 Å². The summed E-state index contributed by atoms with van der Waals surface area (Å²) in [6, 6.07) is 3.70. The Morgan fingerprint density at radius 1 is 1.19 bits per heavy atom. The van der Waals surface area contributed by atoms with Crippen LogP contribution in [0.3, 0.4) is 0 Å². The molecule has 0 saturated carbocycles.